The largest absolute Gasteiger partial charge is 0.481 e. The maximum atomic E-state index is 14.2. The highest BCUT2D eigenvalue weighted by molar-refractivity contribution is 6.27. The summed E-state index contributed by atoms with van der Waals surface area (Å²) in [4.78, 5) is 79.5. The summed E-state index contributed by atoms with van der Waals surface area (Å²) in [5.74, 6) is -6.03. The zero-order chi connectivity index (χ0) is 36.6. The molecule has 1 aliphatic rings. The molecular weight excluding hydrogens is 668 g/mol. The SMILES string of the molecule is N=C(N)NCCCC(NC(=O)C(NC(=O)C1CCCCN1C(=O)C(CCC(=O)O)NC(=O)CCl)C(c1ccccc1)c1ccccc1)C(N)=O. The molecule has 0 saturated carbocycles. The van der Waals surface area contributed by atoms with Gasteiger partial charge in [0.2, 0.25) is 29.5 Å². The van der Waals surface area contributed by atoms with Crippen molar-refractivity contribution in [1.29, 1.82) is 5.41 Å². The molecule has 0 aliphatic carbocycles. The molecule has 1 fully saturated rings. The number of amides is 5. The van der Waals surface area contributed by atoms with E-state index in [1.165, 1.54) is 4.90 Å². The molecule has 4 unspecified atom stereocenters. The number of hydrogen-bond donors (Lipinski definition) is 8. The van der Waals surface area contributed by atoms with Crippen LogP contribution in [0.4, 0.5) is 0 Å². The minimum absolute atomic E-state index is 0.125. The van der Waals surface area contributed by atoms with Gasteiger partial charge in [-0.2, -0.15) is 0 Å². The third-order valence-corrected chi connectivity index (χ3v) is 8.61. The predicted octanol–water partition coefficient (Wildman–Crippen LogP) is 0.506. The van der Waals surface area contributed by atoms with Crippen molar-refractivity contribution in [1.82, 2.24) is 26.2 Å². The Labute approximate surface area is 295 Å². The number of likely N-dealkylation sites (tertiary alicyclic amines) is 1. The number of nitrogens with two attached hydrogens (primary N) is 2. The number of guanidine groups is 1. The molecule has 0 bridgehead atoms. The van der Waals surface area contributed by atoms with Crippen molar-refractivity contribution in [2.75, 3.05) is 19.0 Å². The van der Waals surface area contributed by atoms with E-state index in [0.717, 1.165) is 0 Å². The maximum absolute atomic E-state index is 14.2. The molecule has 50 heavy (non-hydrogen) atoms. The van der Waals surface area contributed by atoms with Gasteiger partial charge in [-0.3, -0.25) is 34.2 Å². The van der Waals surface area contributed by atoms with Crippen LogP contribution in [-0.2, 0) is 28.8 Å². The first-order valence-electron chi connectivity index (χ1n) is 16.4. The van der Waals surface area contributed by atoms with Gasteiger partial charge in [0.15, 0.2) is 5.96 Å². The Kier molecular flexibility index (Phi) is 15.5. The molecule has 2 aromatic rings. The van der Waals surface area contributed by atoms with Gasteiger partial charge in [-0.15, -0.1) is 11.6 Å². The molecule has 1 saturated heterocycles. The zero-order valence-electron chi connectivity index (χ0n) is 27.6. The highest BCUT2D eigenvalue weighted by atomic mass is 35.5. The van der Waals surface area contributed by atoms with Crippen molar-refractivity contribution in [2.24, 2.45) is 11.5 Å². The van der Waals surface area contributed by atoms with E-state index in [1.54, 1.807) is 24.3 Å². The molecule has 5 amide bonds. The summed E-state index contributed by atoms with van der Waals surface area (Å²) < 4.78 is 0. The normalized spacial score (nSPS) is 16.0. The molecule has 15 nitrogen and oxygen atoms in total. The zero-order valence-corrected chi connectivity index (χ0v) is 28.4. The van der Waals surface area contributed by atoms with Crippen LogP contribution in [0.25, 0.3) is 0 Å². The highest BCUT2D eigenvalue weighted by Crippen LogP contribution is 2.29. The highest BCUT2D eigenvalue weighted by Gasteiger charge is 2.40. The Balaban J connectivity index is 1.99. The summed E-state index contributed by atoms with van der Waals surface area (Å²) in [7, 11) is 0. The lowest BCUT2D eigenvalue weighted by molar-refractivity contribution is -0.146. The number of rotatable bonds is 18. The molecule has 270 valence electrons. The van der Waals surface area contributed by atoms with Gasteiger partial charge in [-0.1, -0.05) is 60.7 Å². The number of carboxylic acid groups (broad SMARTS) is 1. The van der Waals surface area contributed by atoms with Crippen LogP contribution in [0.2, 0.25) is 0 Å². The Morgan fingerprint density at radius 1 is 0.880 bits per heavy atom. The lowest BCUT2D eigenvalue weighted by Gasteiger charge is -2.38. The summed E-state index contributed by atoms with van der Waals surface area (Å²) >= 11 is 5.65. The molecule has 16 heteroatoms. The summed E-state index contributed by atoms with van der Waals surface area (Å²) in [6, 6.07) is 13.4. The summed E-state index contributed by atoms with van der Waals surface area (Å²) in [6.45, 7) is 0.420. The maximum Gasteiger partial charge on any atom is 0.303 e. The van der Waals surface area contributed by atoms with E-state index in [2.05, 4.69) is 21.3 Å². The summed E-state index contributed by atoms with van der Waals surface area (Å²) in [5, 5.41) is 27.3. The van der Waals surface area contributed by atoms with E-state index in [1.807, 2.05) is 36.4 Å². The van der Waals surface area contributed by atoms with Crippen molar-refractivity contribution in [3.05, 3.63) is 71.8 Å². The van der Waals surface area contributed by atoms with Gasteiger partial charge in [0.25, 0.3) is 0 Å². The van der Waals surface area contributed by atoms with E-state index in [9.17, 15) is 33.9 Å². The fourth-order valence-corrected chi connectivity index (χ4v) is 6.03. The number of nitrogens with zero attached hydrogens (tertiary/aromatic N) is 1. The van der Waals surface area contributed by atoms with Crippen LogP contribution in [0.15, 0.2) is 60.7 Å². The standard InChI is InChI=1S/C34H45ClN8O7/c35-20-26(44)40-24(16-17-27(45)46)33(50)43-19-8-7-15-25(43)31(48)42-29(32(49)41-23(30(36)47)14-9-18-39-34(37)38)28(21-10-3-1-4-11-21)22-12-5-2-6-13-22/h1-6,10-13,23-25,28-29H,7-9,14-20H2,(H2,36,47)(H,40,44)(H,41,49)(H,42,48)(H,45,46)(H4,37,38,39). The van der Waals surface area contributed by atoms with Crippen LogP contribution < -0.4 is 32.7 Å². The monoisotopic (exact) mass is 712 g/mol. The predicted molar refractivity (Wildman–Crippen MR) is 186 cm³/mol. The van der Waals surface area contributed by atoms with Crippen LogP contribution in [-0.4, -0.2) is 94.6 Å². The van der Waals surface area contributed by atoms with Gasteiger partial charge >= 0.3 is 5.97 Å². The lowest BCUT2D eigenvalue weighted by Crippen LogP contribution is -2.61. The number of nitrogens with one attached hydrogen (secondary N) is 5. The Morgan fingerprint density at radius 3 is 2.04 bits per heavy atom. The molecular formula is C34H45ClN8O7. The Hall–Kier alpha value is -5.18. The number of aliphatic carboxylic acids is 1. The third kappa shape index (κ3) is 11.8. The Morgan fingerprint density at radius 2 is 1.50 bits per heavy atom. The van der Waals surface area contributed by atoms with Gasteiger partial charge in [-0.05, 0) is 49.7 Å². The first-order valence-corrected chi connectivity index (χ1v) is 16.9. The molecule has 2 aromatic carbocycles. The fourth-order valence-electron chi connectivity index (χ4n) is 5.95. The van der Waals surface area contributed by atoms with Crippen LogP contribution in [0, 0.1) is 5.41 Å². The Bertz CT molecular complexity index is 1460. The number of carbonyl (C=O) groups excluding carboxylic acids is 5. The molecule has 0 aromatic heterocycles. The number of primary amides is 1. The lowest BCUT2D eigenvalue weighted by atomic mass is 9.84. The average molecular weight is 713 g/mol. The summed E-state index contributed by atoms with van der Waals surface area (Å²) in [6.07, 6.45) is 1.24. The first-order chi connectivity index (χ1) is 23.9. The molecule has 4 atom stereocenters. The summed E-state index contributed by atoms with van der Waals surface area (Å²) in [5.41, 5.74) is 12.4. The van der Waals surface area contributed by atoms with Crippen LogP contribution in [0.1, 0.15) is 62.0 Å². The number of carbonyl (C=O) groups is 6. The molecule has 0 radical (unpaired) electrons. The number of carboxylic acids is 1. The average Bonchev–Trinajstić information content (AvgIpc) is 3.11. The second-order valence-corrected chi connectivity index (χ2v) is 12.2. The van der Waals surface area contributed by atoms with E-state index in [-0.39, 0.29) is 38.3 Å². The molecule has 0 spiro atoms. The van der Waals surface area contributed by atoms with Gasteiger partial charge < -0.3 is 42.7 Å². The van der Waals surface area contributed by atoms with E-state index < -0.39 is 77.9 Å². The van der Waals surface area contributed by atoms with Crippen LogP contribution >= 0.6 is 11.6 Å². The van der Waals surface area contributed by atoms with Crippen molar-refractivity contribution in [3.63, 3.8) is 0 Å². The van der Waals surface area contributed by atoms with Gasteiger partial charge in [0, 0.05) is 25.4 Å². The topological polar surface area (TPSA) is 250 Å². The van der Waals surface area contributed by atoms with Gasteiger partial charge in [0.05, 0.1) is 0 Å². The van der Waals surface area contributed by atoms with Crippen molar-refractivity contribution >= 4 is 53.1 Å². The quantitative estimate of drug-likeness (QED) is 0.0463. The van der Waals surface area contributed by atoms with E-state index in [0.29, 0.717) is 30.4 Å². The fraction of sp³-hybridized carbons (Fsp3) is 0.441. The van der Waals surface area contributed by atoms with Gasteiger partial charge in [-0.25, -0.2) is 0 Å². The molecule has 3 rings (SSSR count). The molecule has 10 N–H and O–H groups in total. The number of benzene rings is 2. The minimum atomic E-state index is -1.29. The first kappa shape index (κ1) is 39.3. The number of halogens is 1. The molecule has 1 aliphatic heterocycles. The molecule has 1 heterocycles. The van der Waals surface area contributed by atoms with Crippen LogP contribution in [0.5, 0.6) is 0 Å². The second-order valence-electron chi connectivity index (χ2n) is 12.0. The van der Waals surface area contributed by atoms with Crippen molar-refractivity contribution in [2.45, 2.75) is 75.0 Å². The number of piperidine rings is 1. The minimum Gasteiger partial charge on any atom is -0.481 e. The van der Waals surface area contributed by atoms with Crippen molar-refractivity contribution < 1.29 is 33.9 Å². The van der Waals surface area contributed by atoms with Gasteiger partial charge in [0.1, 0.15) is 30.0 Å². The number of hydrogen-bond acceptors (Lipinski definition) is 7. The van der Waals surface area contributed by atoms with E-state index in [4.69, 9.17) is 28.5 Å². The van der Waals surface area contributed by atoms with Crippen molar-refractivity contribution in [3.8, 4) is 0 Å². The smallest absolute Gasteiger partial charge is 0.303 e. The van der Waals surface area contributed by atoms with E-state index >= 15 is 0 Å². The third-order valence-electron chi connectivity index (χ3n) is 8.37. The van der Waals surface area contributed by atoms with Crippen LogP contribution in [0.3, 0.4) is 0 Å². The number of alkyl halides is 1. The second kappa shape index (κ2) is 19.7.